The van der Waals surface area contributed by atoms with E-state index in [2.05, 4.69) is 39.1 Å². The van der Waals surface area contributed by atoms with E-state index in [-0.39, 0.29) is 23.3 Å². The van der Waals surface area contributed by atoms with Crippen LogP contribution >= 0.6 is 0 Å². The summed E-state index contributed by atoms with van der Waals surface area (Å²) in [5.41, 5.74) is 0.865. The highest BCUT2D eigenvalue weighted by Crippen LogP contribution is 2.59. The average molecular weight is 379 g/mol. The number of carbonyl (C=O) groups is 2. The molecule has 1 N–H and O–H groups in total. The number of likely N-dealkylation sites (tertiary alicyclic amines) is 1. The number of allylic oxidation sites excluding steroid dienone is 2. The zero-order chi connectivity index (χ0) is 20.4. The van der Waals surface area contributed by atoms with Crippen LogP contribution in [0.1, 0.15) is 67.7 Å². The van der Waals surface area contributed by atoms with Crippen LogP contribution in [-0.4, -0.2) is 42.1 Å². The smallest absolute Gasteiger partial charge is 0.410 e. The minimum Gasteiger partial charge on any atom is -0.444 e. The summed E-state index contributed by atoms with van der Waals surface area (Å²) in [4.78, 5) is 26.6. The van der Waals surface area contributed by atoms with Crippen LogP contribution in [0.3, 0.4) is 0 Å². The van der Waals surface area contributed by atoms with E-state index >= 15 is 0 Å². The summed E-state index contributed by atoms with van der Waals surface area (Å²) in [5, 5.41) is 3.13. The Hall–Kier alpha value is -1.52. The molecule has 1 heterocycles. The lowest BCUT2D eigenvalue weighted by Gasteiger charge is -2.34. The molecule has 5 heteroatoms. The second-order valence-corrected chi connectivity index (χ2v) is 10.1. The summed E-state index contributed by atoms with van der Waals surface area (Å²) >= 11 is 0. The van der Waals surface area contributed by atoms with Crippen molar-refractivity contribution in [2.45, 2.75) is 73.3 Å². The lowest BCUT2D eigenvalue weighted by atomic mass is 9.95. The Kier molecular flexibility index (Phi) is 6.64. The summed E-state index contributed by atoms with van der Waals surface area (Å²) in [6.45, 7) is 16.4. The molecule has 2 amide bonds. The summed E-state index contributed by atoms with van der Waals surface area (Å²) in [7, 11) is 0. The second-order valence-electron chi connectivity index (χ2n) is 10.1. The molecule has 0 aromatic rings. The molecule has 27 heavy (non-hydrogen) atoms. The number of rotatable bonds is 5. The van der Waals surface area contributed by atoms with Crippen molar-refractivity contribution in [3.63, 3.8) is 0 Å². The Balaban J connectivity index is 1.76. The van der Waals surface area contributed by atoms with Gasteiger partial charge in [-0.3, -0.25) is 4.79 Å². The van der Waals surface area contributed by atoms with E-state index in [1.807, 2.05) is 25.7 Å². The maximum Gasteiger partial charge on any atom is 0.410 e. The molecule has 0 spiro atoms. The quantitative estimate of drug-likeness (QED) is 0.722. The van der Waals surface area contributed by atoms with Crippen LogP contribution in [0.4, 0.5) is 4.79 Å². The maximum atomic E-state index is 12.6. The fourth-order valence-electron chi connectivity index (χ4n) is 4.15. The molecule has 3 unspecified atom stereocenters. The third-order valence-corrected chi connectivity index (χ3v) is 5.73. The van der Waals surface area contributed by atoms with Gasteiger partial charge in [-0.05, 0) is 71.1 Å². The zero-order valence-electron chi connectivity index (χ0n) is 18.2. The number of nitrogens with one attached hydrogen (secondary N) is 1. The molecule has 0 radical (unpaired) electrons. The molecular weight excluding hydrogens is 340 g/mol. The van der Waals surface area contributed by atoms with Gasteiger partial charge in [0.15, 0.2) is 0 Å². The Bertz CT molecular complexity index is 585. The normalized spacial score (nSPS) is 26.9. The van der Waals surface area contributed by atoms with Crippen molar-refractivity contribution in [2.24, 2.45) is 23.2 Å². The summed E-state index contributed by atoms with van der Waals surface area (Å²) in [5.74, 6) is 1.02. The summed E-state index contributed by atoms with van der Waals surface area (Å²) in [6.07, 6.45) is 5.01. The monoisotopic (exact) mass is 378 g/mol. The fourth-order valence-corrected chi connectivity index (χ4v) is 4.15. The number of hydrogen-bond donors (Lipinski definition) is 1. The standard InChI is InChI=1S/C22H38N2O3/c1-15(2)13-17-18(22(17,6)7)19(25)23-11-10-16-9-8-12-24(14-16)20(26)27-21(3,4)5/h13,16-18H,8-12,14H2,1-7H3,(H,23,25). The first-order chi connectivity index (χ1) is 12.4. The number of hydrogen-bond acceptors (Lipinski definition) is 3. The van der Waals surface area contributed by atoms with Crippen molar-refractivity contribution in [1.82, 2.24) is 10.2 Å². The van der Waals surface area contributed by atoms with Crippen LogP contribution in [0.5, 0.6) is 0 Å². The van der Waals surface area contributed by atoms with E-state index in [4.69, 9.17) is 4.74 Å². The highest BCUT2D eigenvalue weighted by molar-refractivity contribution is 5.83. The zero-order valence-corrected chi connectivity index (χ0v) is 18.2. The Labute approximate surface area is 164 Å². The van der Waals surface area contributed by atoms with Crippen LogP contribution in [0.15, 0.2) is 11.6 Å². The van der Waals surface area contributed by atoms with Crippen molar-refractivity contribution >= 4 is 12.0 Å². The SMILES string of the molecule is CC(C)=CC1C(C(=O)NCCC2CCCN(C(=O)OC(C)(C)C)C2)C1(C)C. The lowest BCUT2D eigenvalue weighted by molar-refractivity contribution is -0.123. The Morgan fingerprint density at radius 2 is 1.93 bits per heavy atom. The van der Waals surface area contributed by atoms with Gasteiger partial charge in [0, 0.05) is 19.6 Å². The van der Waals surface area contributed by atoms with Crippen LogP contribution in [-0.2, 0) is 9.53 Å². The highest BCUT2D eigenvalue weighted by Gasteiger charge is 2.60. The molecule has 0 bridgehead atoms. The third kappa shape index (κ3) is 5.98. The van der Waals surface area contributed by atoms with Gasteiger partial charge in [0.1, 0.15) is 5.60 Å². The summed E-state index contributed by atoms with van der Waals surface area (Å²) < 4.78 is 5.49. The molecule has 1 saturated heterocycles. The van der Waals surface area contributed by atoms with E-state index in [1.54, 1.807) is 0 Å². The largest absolute Gasteiger partial charge is 0.444 e. The van der Waals surface area contributed by atoms with Gasteiger partial charge < -0.3 is 15.0 Å². The molecule has 0 aromatic heterocycles. The summed E-state index contributed by atoms with van der Waals surface area (Å²) in [6, 6.07) is 0. The van der Waals surface area contributed by atoms with Crippen molar-refractivity contribution in [3.8, 4) is 0 Å². The predicted octanol–water partition coefficient (Wildman–Crippen LogP) is 4.38. The molecule has 1 aliphatic heterocycles. The van der Waals surface area contributed by atoms with Gasteiger partial charge in [-0.2, -0.15) is 0 Å². The van der Waals surface area contributed by atoms with Gasteiger partial charge in [-0.15, -0.1) is 0 Å². The van der Waals surface area contributed by atoms with Gasteiger partial charge >= 0.3 is 6.09 Å². The molecule has 0 aromatic carbocycles. The molecule has 5 nitrogen and oxygen atoms in total. The van der Waals surface area contributed by atoms with Gasteiger partial charge in [-0.1, -0.05) is 25.5 Å². The van der Waals surface area contributed by atoms with E-state index in [0.717, 1.165) is 32.4 Å². The van der Waals surface area contributed by atoms with Gasteiger partial charge in [0.05, 0.1) is 5.92 Å². The van der Waals surface area contributed by atoms with Gasteiger partial charge in [0.25, 0.3) is 0 Å². The molecule has 2 rings (SSSR count). The van der Waals surface area contributed by atoms with Crippen molar-refractivity contribution < 1.29 is 14.3 Å². The van der Waals surface area contributed by atoms with Crippen LogP contribution in [0.25, 0.3) is 0 Å². The van der Waals surface area contributed by atoms with Crippen molar-refractivity contribution in [2.75, 3.05) is 19.6 Å². The van der Waals surface area contributed by atoms with Crippen LogP contribution < -0.4 is 5.32 Å². The number of piperidine rings is 1. The van der Waals surface area contributed by atoms with E-state index in [9.17, 15) is 9.59 Å². The van der Waals surface area contributed by atoms with Crippen molar-refractivity contribution in [3.05, 3.63) is 11.6 Å². The first kappa shape index (κ1) is 21.8. The van der Waals surface area contributed by atoms with Crippen LogP contribution in [0, 0.1) is 23.2 Å². The number of nitrogens with zero attached hydrogens (tertiary/aromatic N) is 1. The molecule has 1 aliphatic carbocycles. The van der Waals surface area contributed by atoms with Crippen molar-refractivity contribution in [1.29, 1.82) is 0 Å². The Morgan fingerprint density at radius 3 is 2.52 bits per heavy atom. The third-order valence-electron chi connectivity index (χ3n) is 5.73. The van der Waals surface area contributed by atoms with E-state index in [1.165, 1.54) is 5.57 Å². The molecule has 3 atom stereocenters. The van der Waals surface area contributed by atoms with Crippen LogP contribution in [0.2, 0.25) is 0 Å². The molecule has 1 saturated carbocycles. The first-order valence-electron chi connectivity index (χ1n) is 10.3. The minimum absolute atomic E-state index is 0.0553. The second kappa shape index (κ2) is 8.24. The first-order valence-corrected chi connectivity index (χ1v) is 10.3. The minimum atomic E-state index is -0.461. The number of amides is 2. The average Bonchev–Trinajstić information content (AvgIpc) is 3.05. The van der Waals surface area contributed by atoms with Gasteiger partial charge in [0.2, 0.25) is 5.91 Å². The fraction of sp³-hybridized carbons (Fsp3) is 0.818. The maximum absolute atomic E-state index is 12.6. The highest BCUT2D eigenvalue weighted by atomic mass is 16.6. The van der Waals surface area contributed by atoms with Gasteiger partial charge in [-0.25, -0.2) is 4.79 Å². The van der Waals surface area contributed by atoms with E-state index in [0.29, 0.717) is 18.4 Å². The van der Waals surface area contributed by atoms with E-state index < -0.39 is 5.60 Å². The lowest BCUT2D eigenvalue weighted by Crippen LogP contribution is -2.43. The number of ether oxygens (including phenoxy) is 1. The topological polar surface area (TPSA) is 58.6 Å². The molecule has 154 valence electrons. The molecule has 2 fully saturated rings. The number of carbonyl (C=O) groups excluding carboxylic acids is 2. The molecular formula is C22H38N2O3. The molecule has 2 aliphatic rings. The Morgan fingerprint density at radius 1 is 1.26 bits per heavy atom. The predicted molar refractivity (Wildman–Crippen MR) is 108 cm³/mol.